The number of nitrogens with one attached hydrogen (secondary N) is 1. The number of hydrogen-bond donors (Lipinski definition) is 6. The van der Waals surface area contributed by atoms with E-state index in [1.54, 1.807) is 12.1 Å². The van der Waals surface area contributed by atoms with Crippen molar-refractivity contribution in [2.75, 3.05) is 12.3 Å². The number of nitrogens with two attached hydrogens (primary N) is 2. The van der Waals surface area contributed by atoms with Crippen molar-refractivity contribution in [2.45, 2.75) is 36.9 Å². The summed E-state index contributed by atoms with van der Waals surface area (Å²) in [7, 11) is 0. The normalized spacial score (nSPS) is 22.3. The third kappa shape index (κ3) is 5.02. The first-order valence-corrected chi connectivity index (χ1v) is 10.6. The maximum atomic E-state index is 12.8. The number of rotatable bonds is 9. The Bertz CT molecular complexity index is 1280. The van der Waals surface area contributed by atoms with Gasteiger partial charge in [0.25, 0.3) is 0 Å². The number of benzene rings is 1. The van der Waals surface area contributed by atoms with Crippen LogP contribution < -0.4 is 21.5 Å². The largest absolute Gasteiger partial charge is 0.482 e. The van der Waals surface area contributed by atoms with Gasteiger partial charge in [-0.15, -0.1) is 0 Å². The molecule has 15 heteroatoms. The van der Waals surface area contributed by atoms with E-state index < -0.39 is 55.0 Å². The van der Waals surface area contributed by atoms with Crippen molar-refractivity contribution < 1.29 is 39.2 Å². The number of amides is 1. The number of nitrogens with zero attached hydrogens (tertiary/aromatic N) is 4. The molecule has 0 saturated carbocycles. The molecule has 2 aromatic heterocycles. The molecular weight excluding hydrogens is 478 g/mol. The molecular formula is C21H23N7O8. The van der Waals surface area contributed by atoms with Crippen LogP contribution in [-0.2, 0) is 25.5 Å². The summed E-state index contributed by atoms with van der Waals surface area (Å²) in [5.41, 5.74) is 12.9. The van der Waals surface area contributed by atoms with Gasteiger partial charge in [0, 0.05) is 0 Å². The van der Waals surface area contributed by atoms with Crippen molar-refractivity contribution in [1.29, 1.82) is 0 Å². The summed E-state index contributed by atoms with van der Waals surface area (Å²) in [6, 6.07) is 3.90. The van der Waals surface area contributed by atoms with Crippen LogP contribution in [0.25, 0.3) is 11.2 Å². The van der Waals surface area contributed by atoms with Crippen LogP contribution in [0.3, 0.4) is 0 Å². The van der Waals surface area contributed by atoms with E-state index in [4.69, 9.17) is 26.0 Å². The maximum absolute atomic E-state index is 12.8. The van der Waals surface area contributed by atoms with Crippen molar-refractivity contribution in [3.63, 3.8) is 0 Å². The third-order valence-corrected chi connectivity index (χ3v) is 5.56. The molecule has 15 nitrogen and oxygen atoms in total. The summed E-state index contributed by atoms with van der Waals surface area (Å²) in [5, 5.41) is 31.6. The number of ether oxygens (including phenoxy) is 2. The summed E-state index contributed by atoms with van der Waals surface area (Å²) in [6.45, 7) is -0.492. The van der Waals surface area contributed by atoms with E-state index >= 15 is 0 Å². The minimum atomic E-state index is -1.58. The quantitative estimate of drug-likeness (QED) is 0.191. The molecule has 1 fully saturated rings. The first kappa shape index (κ1) is 24.8. The number of carbonyl (C=O) groups is 3. The summed E-state index contributed by atoms with van der Waals surface area (Å²) >= 11 is 0. The summed E-state index contributed by atoms with van der Waals surface area (Å²) in [5.74, 6) is -2.79. The molecule has 3 heterocycles. The number of aliphatic hydroxyl groups excluding tert-OH is 1. The maximum Gasteiger partial charge on any atom is 0.341 e. The Morgan fingerprint density at radius 2 is 1.89 bits per heavy atom. The number of carbonyl (C=O) groups excluding carboxylic acids is 1. The van der Waals surface area contributed by atoms with Crippen LogP contribution in [0.5, 0.6) is 5.75 Å². The highest BCUT2D eigenvalue weighted by molar-refractivity contribution is 5.84. The number of carboxylic acid groups (broad SMARTS) is 2. The van der Waals surface area contributed by atoms with Gasteiger partial charge in [0.1, 0.15) is 23.7 Å². The van der Waals surface area contributed by atoms with E-state index in [-0.39, 0.29) is 23.4 Å². The number of aromatic nitrogens is 4. The lowest BCUT2D eigenvalue weighted by molar-refractivity contribution is -0.152. The zero-order valence-electron chi connectivity index (χ0n) is 18.6. The molecule has 3 aromatic rings. The smallest absolute Gasteiger partial charge is 0.341 e. The number of fused-ring (bicyclic) bond motifs is 1. The van der Waals surface area contributed by atoms with Gasteiger partial charge in [0.05, 0.1) is 18.4 Å². The molecule has 5 unspecified atom stereocenters. The van der Waals surface area contributed by atoms with Gasteiger partial charge < -0.3 is 41.6 Å². The average Bonchev–Trinajstić information content (AvgIpc) is 3.40. The Morgan fingerprint density at radius 3 is 2.56 bits per heavy atom. The molecule has 0 aliphatic carbocycles. The van der Waals surface area contributed by atoms with Crippen molar-refractivity contribution in [1.82, 2.24) is 24.8 Å². The number of aliphatic hydroxyl groups is 1. The van der Waals surface area contributed by atoms with Crippen LogP contribution in [-0.4, -0.2) is 83.6 Å². The standard InChI is InChI=1S/C21H23N7O8/c22-11(5-9-1-3-10(4-2-9)35-6-12(29)30)19(32)27-13-15(31)20(36-16(13)21(33)34)28-8-26-14-17(23)24-7-25-18(14)28/h1-4,7-8,11,13,15-16,20,31H,5-6,22H2,(H,27,32)(H,29,30)(H,33,34)(H2,23,24,25). The average molecular weight is 501 g/mol. The van der Waals surface area contributed by atoms with Crippen molar-refractivity contribution in [2.24, 2.45) is 5.73 Å². The minimum Gasteiger partial charge on any atom is -0.482 e. The number of aliphatic carboxylic acids is 2. The van der Waals surface area contributed by atoms with Gasteiger partial charge in [-0.05, 0) is 24.1 Å². The molecule has 8 N–H and O–H groups in total. The van der Waals surface area contributed by atoms with Crippen LogP contribution in [0, 0.1) is 0 Å². The van der Waals surface area contributed by atoms with Gasteiger partial charge in [0.15, 0.2) is 30.4 Å². The van der Waals surface area contributed by atoms with Crippen molar-refractivity contribution in [3.8, 4) is 5.75 Å². The number of carboxylic acids is 2. The number of hydrogen-bond acceptors (Lipinski definition) is 11. The summed E-state index contributed by atoms with van der Waals surface area (Å²) < 4.78 is 11.9. The van der Waals surface area contributed by atoms with Gasteiger partial charge in [-0.3, -0.25) is 9.36 Å². The lowest BCUT2D eigenvalue weighted by Crippen LogP contribution is -2.54. The highest BCUT2D eigenvalue weighted by Gasteiger charge is 2.49. The Labute approximate surface area is 202 Å². The fourth-order valence-electron chi connectivity index (χ4n) is 3.82. The van der Waals surface area contributed by atoms with Gasteiger partial charge in [0.2, 0.25) is 5.91 Å². The van der Waals surface area contributed by atoms with Crippen molar-refractivity contribution >= 4 is 34.8 Å². The molecule has 0 spiro atoms. The molecule has 1 aromatic carbocycles. The van der Waals surface area contributed by atoms with E-state index in [1.165, 1.54) is 29.4 Å². The lowest BCUT2D eigenvalue weighted by atomic mass is 10.0. The molecule has 5 atom stereocenters. The molecule has 4 rings (SSSR count). The zero-order valence-corrected chi connectivity index (χ0v) is 18.6. The van der Waals surface area contributed by atoms with Crippen LogP contribution in [0.4, 0.5) is 5.82 Å². The lowest BCUT2D eigenvalue weighted by Gasteiger charge is -2.22. The Balaban J connectivity index is 1.45. The molecule has 0 radical (unpaired) electrons. The first-order chi connectivity index (χ1) is 17.2. The Morgan fingerprint density at radius 1 is 1.17 bits per heavy atom. The van der Waals surface area contributed by atoms with E-state index in [9.17, 15) is 24.6 Å². The third-order valence-electron chi connectivity index (χ3n) is 5.56. The second-order valence-corrected chi connectivity index (χ2v) is 8.03. The van der Waals surface area contributed by atoms with Gasteiger partial charge in [-0.1, -0.05) is 12.1 Å². The minimum absolute atomic E-state index is 0.0816. The fourth-order valence-corrected chi connectivity index (χ4v) is 3.82. The van der Waals surface area contributed by atoms with E-state index in [0.29, 0.717) is 11.3 Å². The molecule has 1 aliphatic heterocycles. The predicted molar refractivity (Wildman–Crippen MR) is 120 cm³/mol. The van der Waals surface area contributed by atoms with Gasteiger partial charge in [-0.25, -0.2) is 24.5 Å². The first-order valence-electron chi connectivity index (χ1n) is 10.6. The zero-order chi connectivity index (χ0) is 26.0. The number of anilines is 1. The van der Waals surface area contributed by atoms with Crippen LogP contribution in [0.2, 0.25) is 0 Å². The molecule has 36 heavy (non-hydrogen) atoms. The monoisotopic (exact) mass is 501 g/mol. The number of imidazole rings is 1. The Kier molecular flexibility index (Phi) is 6.96. The highest BCUT2D eigenvalue weighted by Crippen LogP contribution is 2.32. The summed E-state index contributed by atoms with van der Waals surface area (Å²) in [6.07, 6.45) is -1.75. The van der Waals surface area contributed by atoms with E-state index in [2.05, 4.69) is 20.3 Å². The van der Waals surface area contributed by atoms with Crippen LogP contribution in [0.1, 0.15) is 11.8 Å². The highest BCUT2D eigenvalue weighted by atomic mass is 16.6. The second kappa shape index (κ2) is 10.1. The molecule has 190 valence electrons. The van der Waals surface area contributed by atoms with Gasteiger partial charge in [-0.2, -0.15) is 0 Å². The fraction of sp³-hybridized carbons (Fsp3) is 0.333. The SMILES string of the molecule is Nc1ncnc2c1ncn2C1OC(C(=O)O)C(NC(=O)C(N)Cc2ccc(OCC(=O)O)cc2)C1O. The Hall–Kier alpha value is -4.34. The summed E-state index contributed by atoms with van der Waals surface area (Å²) in [4.78, 5) is 47.2. The van der Waals surface area contributed by atoms with Gasteiger partial charge >= 0.3 is 11.9 Å². The molecule has 0 bridgehead atoms. The molecule has 1 aliphatic rings. The molecule has 1 saturated heterocycles. The van der Waals surface area contributed by atoms with Crippen LogP contribution >= 0.6 is 0 Å². The van der Waals surface area contributed by atoms with Crippen LogP contribution in [0.15, 0.2) is 36.9 Å². The van der Waals surface area contributed by atoms with E-state index in [1.807, 2.05) is 0 Å². The molecule has 1 amide bonds. The topological polar surface area (TPSA) is 238 Å². The van der Waals surface area contributed by atoms with E-state index in [0.717, 1.165) is 0 Å². The second-order valence-electron chi connectivity index (χ2n) is 8.03. The predicted octanol–water partition coefficient (Wildman–Crippen LogP) is -1.73. The number of nitrogen functional groups attached to an aromatic ring is 1. The van der Waals surface area contributed by atoms with Crippen molar-refractivity contribution in [3.05, 3.63) is 42.5 Å².